The monoisotopic (exact) mass is 231 g/mol. The van der Waals surface area contributed by atoms with Gasteiger partial charge in [-0.25, -0.2) is 0 Å². The Morgan fingerprint density at radius 1 is 1.18 bits per heavy atom. The third-order valence-corrected chi connectivity index (χ3v) is 5.67. The number of hydrogen-bond donors (Lipinski definition) is 0. The number of rotatable bonds is 0. The lowest BCUT2D eigenvalue weighted by Crippen LogP contribution is -2.56. The topological polar surface area (TPSA) is 3.24 Å². The van der Waals surface area contributed by atoms with Gasteiger partial charge in [0.1, 0.15) is 0 Å². The van der Waals surface area contributed by atoms with E-state index in [-0.39, 0.29) is 16.9 Å². The van der Waals surface area contributed by atoms with Crippen molar-refractivity contribution in [2.45, 2.75) is 38.3 Å². The van der Waals surface area contributed by atoms with Crippen molar-refractivity contribution in [3.05, 3.63) is 36.5 Å². The van der Waals surface area contributed by atoms with Crippen molar-refractivity contribution >= 4 is 0 Å². The number of hydrogen-bond acceptors (Lipinski definition) is 1. The van der Waals surface area contributed by atoms with Crippen molar-refractivity contribution in [2.75, 3.05) is 0 Å². The molecule has 0 radical (unpaired) electrons. The van der Waals surface area contributed by atoms with Crippen LogP contribution < -0.4 is 0 Å². The standard InChI is InChI=1S/C15H18FN/c1-11-14-6-5-13(2,10-14)12-3-4-15(9-12,8-7-14)17(11)16/h3-8,11-12H,9-10H2,1-2H3/t11?,12?,13-,14?,15?/m0/s1. The summed E-state index contributed by atoms with van der Waals surface area (Å²) in [6, 6.07) is -0.0609. The molecule has 0 aromatic carbocycles. The van der Waals surface area contributed by atoms with E-state index in [9.17, 15) is 4.48 Å². The van der Waals surface area contributed by atoms with Gasteiger partial charge in [-0.15, -0.1) is 9.60 Å². The summed E-state index contributed by atoms with van der Waals surface area (Å²) in [6.45, 7) is 4.35. The van der Waals surface area contributed by atoms with Crippen molar-refractivity contribution in [1.29, 1.82) is 0 Å². The molecular weight excluding hydrogens is 213 g/mol. The first-order chi connectivity index (χ1) is 8.00. The van der Waals surface area contributed by atoms with E-state index in [0.717, 1.165) is 18.0 Å². The van der Waals surface area contributed by atoms with Crippen molar-refractivity contribution in [3.63, 3.8) is 0 Å². The molecule has 5 aliphatic rings. The lowest BCUT2D eigenvalue weighted by Gasteiger charge is -2.50. The highest BCUT2D eigenvalue weighted by atomic mass is 19.2. The van der Waals surface area contributed by atoms with Crippen molar-refractivity contribution in [3.8, 4) is 0 Å². The van der Waals surface area contributed by atoms with Gasteiger partial charge in [0.25, 0.3) is 0 Å². The van der Waals surface area contributed by atoms with Crippen molar-refractivity contribution in [2.24, 2.45) is 16.7 Å². The highest BCUT2D eigenvalue weighted by Crippen LogP contribution is 2.61. The minimum atomic E-state index is -0.457. The molecular formula is C15H18FN. The Kier molecular flexibility index (Phi) is 1.53. The molecule has 0 N–H and O–H groups in total. The van der Waals surface area contributed by atoms with Crippen LogP contribution in [0.4, 0.5) is 4.48 Å². The Morgan fingerprint density at radius 2 is 1.94 bits per heavy atom. The molecule has 1 nitrogen and oxygen atoms in total. The zero-order chi connectivity index (χ0) is 11.9. The van der Waals surface area contributed by atoms with Gasteiger partial charge >= 0.3 is 0 Å². The highest BCUT2D eigenvalue weighted by Gasteiger charge is 2.59. The van der Waals surface area contributed by atoms with Gasteiger partial charge in [0.2, 0.25) is 0 Å². The minimum absolute atomic E-state index is 0.0609. The maximum Gasteiger partial charge on any atom is 0.0881 e. The smallest absolute Gasteiger partial charge is 0.0881 e. The molecule has 0 saturated carbocycles. The van der Waals surface area contributed by atoms with Gasteiger partial charge in [0.05, 0.1) is 11.6 Å². The third kappa shape index (κ3) is 0.956. The number of fused-ring (bicyclic) bond motifs is 1. The lowest BCUT2D eigenvalue weighted by molar-refractivity contribution is -0.124. The van der Waals surface area contributed by atoms with E-state index in [1.54, 1.807) is 0 Å². The quantitative estimate of drug-likeness (QED) is 0.456. The molecule has 4 unspecified atom stereocenters. The maximum absolute atomic E-state index is 14.7. The molecule has 5 rings (SSSR count). The highest BCUT2D eigenvalue weighted by molar-refractivity contribution is 5.40. The van der Waals surface area contributed by atoms with Crippen LogP contribution in [0.1, 0.15) is 26.7 Å². The van der Waals surface area contributed by atoms with Crippen LogP contribution in [0.15, 0.2) is 36.5 Å². The first-order valence-corrected chi connectivity index (χ1v) is 6.55. The summed E-state index contributed by atoms with van der Waals surface area (Å²) in [5.41, 5.74) is -0.322. The predicted molar refractivity (Wildman–Crippen MR) is 65.8 cm³/mol. The number of halogens is 1. The van der Waals surface area contributed by atoms with E-state index in [1.165, 1.54) is 0 Å². The molecule has 2 aliphatic heterocycles. The fourth-order valence-corrected chi connectivity index (χ4v) is 4.37. The molecule has 1 saturated heterocycles. The molecule has 2 spiro atoms. The van der Waals surface area contributed by atoms with Gasteiger partial charge in [-0.05, 0) is 31.1 Å². The fourth-order valence-electron chi connectivity index (χ4n) is 4.37. The van der Waals surface area contributed by atoms with E-state index in [0.29, 0.717) is 5.92 Å². The minimum Gasteiger partial charge on any atom is -0.133 e. The average Bonchev–Trinajstić information content (AvgIpc) is 2.89. The second-order valence-corrected chi connectivity index (χ2v) is 6.61. The molecule has 3 aliphatic carbocycles. The van der Waals surface area contributed by atoms with E-state index >= 15 is 0 Å². The SMILES string of the molecule is CC1N(F)C23C=CC(C2)[C@@]2(C)C=CC1(C=C3)C2. The summed E-state index contributed by atoms with van der Waals surface area (Å²) in [6.07, 6.45) is 15.2. The average molecular weight is 231 g/mol. The molecule has 0 aromatic heterocycles. The van der Waals surface area contributed by atoms with Gasteiger partial charge in [-0.1, -0.05) is 43.4 Å². The van der Waals surface area contributed by atoms with E-state index in [2.05, 4.69) is 43.4 Å². The van der Waals surface area contributed by atoms with Crippen LogP contribution >= 0.6 is 0 Å². The van der Waals surface area contributed by atoms with E-state index < -0.39 is 5.54 Å². The second-order valence-electron chi connectivity index (χ2n) is 6.61. The van der Waals surface area contributed by atoms with Gasteiger partial charge in [-0.3, -0.25) is 0 Å². The van der Waals surface area contributed by atoms with Crippen LogP contribution in [0.5, 0.6) is 0 Å². The Bertz CT molecular complexity index is 479. The fraction of sp³-hybridized carbons (Fsp3) is 0.600. The van der Waals surface area contributed by atoms with Crippen LogP contribution in [0, 0.1) is 16.7 Å². The predicted octanol–water partition coefficient (Wildman–Crippen LogP) is 3.41. The van der Waals surface area contributed by atoms with Crippen molar-refractivity contribution in [1.82, 2.24) is 5.12 Å². The van der Waals surface area contributed by atoms with Crippen LogP contribution in [0.2, 0.25) is 0 Å². The Hall–Kier alpha value is -0.890. The first kappa shape index (κ1) is 10.1. The summed E-state index contributed by atoms with van der Waals surface area (Å²) in [4.78, 5) is 0. The van der Waals surface area contributed by atoms with Crippen LogP contribution in [-0.2, 0) is 0 Å². The van der Waals surface area contributed by atoms with Crippen LogP contribution in [-0.4, -0.2) is 16.7 Å². The Balaban J connectivity index is 1.99. The molecule has 0 aromatic rings. The van der Waals surface area contributed by atoms with E-state index in [4.69, 9.17) is 0 Å². The number of allylic oxidation sites excluding steroid dienone is 2. The molecule has 0 amide bonds. The molecule has 2 heteroatoms. The zero-order valence-electron chi connectivity index (χ0n) is 10.4. The summed E-state index contributed by atoms with van der Waals surface area (Å²) in [7, 11) is 0. The normalized spacial score (nSPS) is 58.8. The molecule has 17 heavy (non-hydrogen) atoms. The van der Waals surface area contributed by atoms with Crippen LogP contribution in [0.25, 0.3) is 0 Å². The molecule has 1 fully saturated rings. The summed E-state index contributed by atoms with van der Waals surface area (Å²) < 4.78 is 14.7. The molecule has 5 atom stereocenters. The Morgan fingerprint density at radius 3 is 2.76 bits per heavy atom. The third-order valence-electron chi connectivity index (χ3n) is 5.67. The molecule has 2 heterocycles. The second kappa shape index (κ2) is 2.59. The van der Waals surface area contributed by atoms with Gasteiger partial charge < -0.3 is 0 Å². The maximum atomic E-state index is 14.7. The number of nitrogens with zero attached hydrogens (tertiary/aromatic N) is 1. The summed E-state index contributed by atoms with van der Waals surface area (Å²) in [5, 5.41) is 1.10. The zero-order valence-corrected chi connectivity index (χ0v) is 10.4. The van der Waals surface area contributed by atoms with E-state index in [1.807, 2.05) is 6.92 Å². The largest absolute Gasteiger partial charge is 0.133 e. The summed E-state index contributed by atoms with van der Waals surface area (Å²) >= 11 is 0. The van der Waals surface area contributed by atoms with Gasteiger partial charge in [-0.2, -0.15) is 0 Å². The Labute approximate surface area is 102 Å². The van der Waals surface area contributed by atoms with Crippen molar-refractivity contribution < 1.29 is 4.48 Å². The molecule has 90 valence electrons. The first-order valence-electron chi connectivity index (χ1n) is 6.55. The van der Waals surface area contributed by atoms with Crippen LogP contribution in [0.3, 0.4) is 0 Å². The van der Waals surface area contributed by atoms with Gasteiger partial charge in [0, 0.05) is 5.41 Å². The lowest BCUT2D eigenvalue weighted by atomic mass is 9.63. The summed E-state index contributed by atoms with van der Waals surface area (Å²) in [5.74, 6) is 0.483. The van der Waals surface area contributed by atoms with Gasteiger partial charge in [0.15, 0.2) is 0 Å². The molecule has 4 bridgehead atoms.